The lowest BCUT2D eigenvalue weighted by atomic mass is 10.2. The largest absolute Gasteiger partial charge is 0.256 e. The van der Waals surface area contributed by atoms with Crippen molar-refractivity contribution in [1.29, 1.82) is 0 Å². The maximum Gasteiger partial charge on any atom is 0.256 e. The Morgan fingerprint density at radius 2 is 1.68 bits per heavy atom. The van der Waals surface area contributed by atoms with Gasteiger partial charge in [-0.3, -0.25) is 0 Å². The van der Waals surface area contributed by atoms with Crippen LogP contribution in [0.2, 0.25) is 0 Å². The third kappa shape index (κ3) is 2.87. The Hall–Kier alpha value is -0.0500. The van der Waals surface area contributed by atoms with Crippen molar-refractivity contribution in [3.63, 3.8) is 0 Å². The molecule has 1 aromatic rings. The molecule has 22 heavy (non-hydrogen) atoms. The summed E-state index contributed by atoms with van der Waals surface area (Å²) in [6.45, 7) is 3.38. The molecule has 1 saturated heterocycles. The molecular weight excluding hydrogens is 393 g/mol. The van der Waals surface area contributed by atoms with Gasteiger partial charge in [-0.1, -0.05) is 63.1 Å². The Balaban J connectivity index is 2.55. The van der Waals surface area contributed by atoms with E-state index < -0.39 is 35.1 Å². The van der Waals surface area contributed by atoms with Crippen molar-refractivity contribution in [2.24, 2.45) is 0 Å². The fourth-order valence-corrected chi connectivity index (χ4v) is 8.53. The highest BCUT2D eigenvalue weighted by Crippen LogP contribution is 2.48. The van der Waals surface area contributed by atoms with Crippen molar-refractivity contribution in [2.45, 2.75) is 40.2 Å². The molecule has 1 aliphatic heterocycles. The maximum absolute atomic E-state index is 12.6. The maximum atomic E-state index is 12.6. The highest BCUT2D eigenvalue weighted by molar-refractivity contribution is 8.05. The van der Waals surface area contributed by atoms with Crippen LogP contribution in [0.3, 0.4) is 0 Å². The van der Waals surface area contributed by atoms with Crippen molar-refractivity contribution >= 4 is 54.8 Å². The van der Waals surface area contributed by atoms with Gasteiger partial charge in [-0.15, -0.1) is 0 Å². The average Bonchev–Trinajstić information content (AvgIpc) is 2.35. The van der Waals surface area contributed by atoms with Crippen molar-refractivity contribution in [3.8, 4) is 0 Å². The third-order valence-corrected chi connectivity index (χ3v) is 9.04. The number of rotatable bonds is 3. The molecule has 0 unspecified atom stereocenters. The second-order valence-electron chi connectivity index (χ2n) is 5.02. The minimum absolute atomic E-state index is 0.154. The van der Waals surface area contributed by atoms with Gasteiger partial charge in [0.05, 0.1) is 10.1 Å². The highest BCUT2D eigenvalue weighted by atomic mass is 35.6. The van der Waals surface area contributed by atoms with Crippen LogP contribution >= 0.6 is 34.8 Å². The quantitative estimate of drug-likeness (QED) is 0.724. The fraction of sp³-hybridized carbons (Fsp3) is 0.500. The minimum Gasteiger partial charge on any atom is -0.211 e. The number of halogens is 3. The van der Waals surface area contributed by atoms with Crippen molar-refractivity contribution in [2.75, 3.05) is 0 Å². The molecule has 124 valence electrons. The van der Waals surface area contributed by atoms with Crippen LogP contribution in [-0.2, 0) is 20.0 Å². The molecule has 0 aromatic heterocycles. The summed E-state index contributed by atoms with van der Waals surface area (Å²) in [6.07, 6.45) is 0.154. The number of nitrogens with zero attached hydrogens (tertiary/aromatic N) is 1. The number of aryl methyl sites for hydroxylation is 1. The predicted molar refractivity (Wildman–Crippen MR) is 87.3 cm³/mol. The van der Waals surface area contributed by atoms with Crippen molar-refractivity contribution < 1.29 is 16.8 Å². The Kier molecular flexibility index (Phi) is 4.81. The summed E-state index contributed by atoms with van der Waals surface area (Å²) in [6, 6.07) is 4.55. The number of hydrogen-bond donors (Lipinski definition) is 0. The van der Waals surface area contributed by atoms with Gasteiger partial charge in [0.1, 0.15) is 6.04 Å². The molecule has 1 heterocycles. The summed E-state index contributed by atoms with van der Waals surface area (Å²) in [5, 5.41) is -1.04. The van der Waals surface area contributed by atoms with Crippen molar-refractivity contribution in [3.05, 3.63) is 29.8 Å². The van der Waals surface area contributed by atoms with E-state index in [1.54, 1.807) is 26.0 Å². The molecule has 0 saturated carbocycles. The SMILES string of the molecule is CC[C@@H]1[C@H](C(Cl)(Cl)Cl)N(S(=O)(=O)c2ccc(C)cc2)S1(=O)=O. The van der Waals surface area contributed by atoms with Crippen LogP contribution in [0.1, 0.15) is 18.9 Å². The summed E-state index contributed by atoms with van der Waals surface area (Å²) in [7, 11) is -8.38. The lowest BCUT2D eigenvalue weighted by Crippen LogP contribution is -2.69. The van der Waals surface area contributed by atoms with Crippen LogP contribution in [0, 0.1) is 6.92 Å². The van der Waals surface area contributed by atoms with E-state index >= 15 is 0 Å². The van der Waals surface area contributed by atoms with Crippen LogP contribution in [0.25, 0.3) is 0 Å². The van der Waals surface area contributed by atoms with E-state index in [0.717, 1.165) is 5.56 Å². The molecule has 1 aromatic carbocycles. The molecule has 2 atom stereocenters. The van der Waals surface area contributed by atoms with Crippen LogP contribution < -0.4 is 0 Å². The van der Waals surface area contributed by atoms with E-state index in [1.807, 2.05) is 0 Å². The zero-order valence-electron chi connectivity index (χ0n) is 11.7. The molecule has 2 rings (SSSR count). The first-order chi connectivity index (χ1) is 9.94. The molecule has 1 aliphatic rings. The van der Waals surface area contributed by atoms with E-state index in [1.165, 1.54) is 12.1 Å². The van der Waals surface area contributed by atoms with Gasteiger partial charge in [-0.2, -0.15) is 0 Å². The van der Waals surface area contributed by atoms with Crippen LogP contribution in [0.5, 0.6) is 0 Å². The normalized spacial score (nSPS) is 25.7. The summed E-state index contributed by atoms with van der Waals surface area (Å²) in [5.74, 6) is 0. The van der Waals surface area contributed by atoms with Crippen LogP contribution in [0.4, 0.5) is 0 Å². The summed E-state index contributed by atoms with van der Waals surface area (Å²) < 4.78 is 48.1. The van der Waals surface area contributed by atoms with E-state index in [9.17, 15) is 16.8 Å². The molecule has 0 radical (unpaired) electrons. The van der Waals surface area contributed by atoms with Gasteiger partial charge in [-0.05, 0) is 25.5 Å². The van der Waals surface area contributed by atoms with Gasteiger partial charge in [0.2, 0.25) is 13.8 Å². The lowest BCUT2D eigenvalue weighted by Gasteiger charge is -2.47. The smallest absolute Gasteiger partial charge is 0.211 e. The second-order valence-corrected chi connectivity index (χ2v) is 11.5. The molecular formula is C12H14Cl3NO4S2. The van der Waals surface area contributed by atoms with Gasteiger partial charge in [0.15, 0.2) is 0 Å². The molecule has 0 spiro atoms. The van der Waals surface area contributed by atoms with E-state index in [-0.39, 0.29) is 11.3 Å². The van der Waals surface area contributed by atoms with Gasteiger partial charge < -0.3 is 0 Å². The monoisotopic (exact) mass is 405 g/mol. The zero-order valence-corrected chi connectivity index (χ0v) is 15.6. The highest BCUT2D eigenvalue weighted by Gasteiger charge is 2.65. The van der Waals surface area contributed by atoms with E-state index in [4.69, 9.17) is 34.8 Å². The minimum atomic E-state index is -4.31. The van der Waals surface area contributed by atoms with Gasteiger partial charge in [0, 0.05) is 0 Å². The van der Waals surface area contributed by atoms with Gasteiger partial charge >= 0.3 is 0 Å². The number of alkyl halides is 3. The summed E-state index contributed by atoms with van der Waals surface area (Å²) >= 11 is 17.4. The molecule has 0 bridgehead atoms. The Morgan fingerprint density at radius 1 is 1.18 bits per heavy atom. The molecule has 0 N–H and O–H groups in total. The third-order valence-electron chi connectivity index (χ3n) is 3.51. The number of hydrogen-bond acceptors (Lipinski definition) is 4. The van der Waals surface area contributed by atoms with Crippen molar-refractivity contribution in [1.82, 2.24) is 3.71 Å². The van der Waals surface area contributed by atoms with Gasteiger partial charge in [-0.25, -0.2) is 16.8 Å². The summed E-state index contributed by atoms with van der Waals surface area (Å²) in [5.41, 5.74) is 0.842. The van der Waals surface area contributed by atoms with E-state index in [0.29, 0.717) is 3.71 Å². The standard InChI is InChI=1S/C12H14Cl3NO4S2/c1-3-10-11(12(13,14)15)16(22(10,19)20)21(17,18)9-6-4-8(2)5-7-9/h4-7,10-11H,3H2,1-2H3/t10-,11-/m1/s1. The average molecular weight is 407 g/mol. The fourth-order valence-electron chi connectivity index (χ4n) is 2.39. The Labute approximate surface area is 145 Å². The Morgan fingerprint density at radius 3 is 2.09 bits per heavy atom. The molecule has 10 heteroatoms. The summed E-state index contributed by atoms with van der Waals surface area (Å²) in [4.78, 5) is -0.157. The van der Waals surface area contributed by atoms with Crippen LogP contribution in [-0.4, -0.2) is 35.6 Å². The topological polar surface area (TPSA) is 71.5 Å². The first-order valence-electron chi connectivity index (χ1n) is 6.36. The molecule has 0 aliphatic carbocycles. The number of sulfonamides is 2. The number of benzene rings is 1. The van der Waals surface area contributed by atoms with Gasteiger partial charge in [0.25, 0.3) is 10.0 Å². The molecule has 1 fully saturated rings. The molecule has 0 amide bonds. The molecule has 5 nitrogen and oxygen atoms in total. The van der Waals surface area contributed by atoms with Crippen LogP contribution in [0.15, 0.2) is 29.2 Å². The first kappa shape index (κ1) is 18.3. The Bertz CT molecular complexity index is 770. The van der Waals surface area contributed by atoms with E-state index in [2.05, 4.69) is 0 Å². The first-order valence-corrected chi connectivity index (χ1v) is 10.4. The zero-order chi connectivity index (χ0) is 16.9. The second kappa shape index (κ2) is 5.79. The predicted octanol–water partition coefficient (Wildman–Crippen LogP) is 2.85. The lowest BCUT2D eigenvalue weighted by molar-refractivity contribution is 0.335.